The molecule has 17 heavy (non-hydrogen) atoms. The largest absolute Gasteiger partial charge is 0.371 e. The number of benzene rings is 1. The van der Waals surface area contributed by atoms with Crippen molar-refractivity contribution in [1.82, 2.24) is 0 Å². The monoisotopic (exact) mass is 231 g/mol. The lowest BCUT2D eigenvalue weighted by Gasteiger charge is -2.36. The Hall–Kier alpha value is -0.980. The Bertz CT molecular complexity index is 342. The molecule has 1 fully saturated rings. The molecule has 0 radical (unpaired) electrons. The Labute approximate surface area is 106 Å². The van der Waals surface area contributed by atoms with Crippen molar-refractivity contribution in [1.29, 1.82) is 0 Å². The van der Waals surface area contributed by atoms with E-state index in [0.717, 1.165) is 11.8 Å². The third-order valence-corrected chi connectivity index (χ3v) is 3.79. The molecule has 1 aliphatic rings. The number of piperidine rings is 1. The summed E-state index contributed by atoms with van der Waals surface area (Å²) < 4.78 is 0. The van der Waals surface area contributed by atoms with Gasteiger partial charge in [-0.25, -0.2) is 0 Å². The lowest BCUT2D eigenvalue weighted by atomic mass is 9.91. The Morgan fingerprint density at radius 2 is 1.53 bits per heavy atom. The first-order chi connectivity index (χ1) is 8.06. The molecule has 94 valence electrons. The highest BCUT2D eigenvalue weighted by atomic mass is 15.1. The van der Waals surface area contributed by atoms with E-state index in [0.29, 0.717) is 5.92 Å². The van der Waals surface area contributed by atoms with Crippen molar-refractivity contribution in [2.45, 2.75) is 40.0 Å². The Morgan fingerprint density at radius 3 is 2.00 bits per heavy atom. The molecule has 1 aromatic carbocycles. The van der Waals surface area contributed by atoms with Gasteiger partial charge in [-0.05, 0) is 41.9 Å². The normalized spacial score (nSPS) is 25.4. The number of nitrogens with zero attached hydrogens (tertiary/aromatic N) is 1. The van der Waals surface area contributed by atoms with Crippen LogP contribution in [0.25, 0.3) is 0 Å². The van der Waals surface area contributed by atoms with Gasteiger partial charge in [0.05, 0.1) is 0 Å². The standard InChI is InChI=1S/C16H25N/c1-12(2)15-5-7-16(8-6-15)17-10-13(3)9-14(4)11-17/h5-8,12-14H,9-11H2,1-4H3/t13-,14+. The van der Waals surface area contributed by atoms with Crippen LogP contribution < -0.4 is 4.90 Å². The van der Waals surface area contributed by atoms with Crippen LogP contribution in [0.4, 0.5) is 5.69 Å². The fourth-order valence-corrected chi connectivity index (χ4v) is 2.94. The van der Waals surface area contributed by atoms with Gasteiger partial charge in [-0.15, -0.1) is 0 Å². The quantitative estimate of drug-likeness (QED) is 0.734. The number of anilines is 1. The summed E-state index contributed by atoms with van der Waals surface area (Å²) in [5.41, 5.74) is 2.83. The van der Waals surface area contributed by atoms with E-state index in [1.807, 2.05) is 0 Å². The smallest absolute Gasteiger partial charge is 0.0366 e. The maximum atomic E-state index is 2.54. The van der Waals surface area contributed by atoms with Crippen LogP contribution in [0, 0.1) is 11.8 Å². The molecule has 0 N–H and O–H groups in total. The van der Waals surface area contributed by atoms with Crippen LogP contribution in [0.1, 0.15) is 45.6 Å². The van der Waals surface area contributed by atoms with Crippen molar-refractivity contribution in [3.05, 3.63) is 29.8 Å². The minimum Gasteiger partial charge on any atom is -0.371 e. The van der Waals surface area contributed by atoms with Crippen molar-refractivity contribution in [2.75, 3.05) is 18.0 Å². The van der Waals surface area contributed by atoms with Crippen molar-refractivity contribution >= 4 is 5.69 Å². The van der Waals surface area contributed by atoms with E-state index in [1.54, 1.807) is 0 Å². The van der Waals surface area contributed by atoms with Gasteiger partial charge in [0.2, 0.25) is 0 Å². The van der Waals surface area contributed by atoms with Crippen LogP contribution in [0.2, 0.25) is 0 Å². The van der Waals surface area contributed by atoms with Gasteiger partial charge < -0.3 is 4.90 Å². The summed E-state index contributed by atoms with van der Waals surface area (Å²) in [7, 11) is 0. The van der Waals surface area contributed by atoms with Gasteiger partial charge >= 0.3 is 0 Å². The predicted octanol–water partition coefficient (Wildman–Crippen LogP) is 4.29. The summed E-state index contributed by atoms with van der Waals surface area (Å²) in [4.78, 5) is 2.54. The number of hydrogen-bond acceptors (Lipinski definition) is 1. The fraction of sp³-hybridized carbons (Fsp3) is 0.625. The summed E-state index contributed by atoms with van der Waals surface area (Å²) in [5, 5.41) is 0. The molecule has 0 unspecified atom stereocenters. The van der Waals surface area contributed by atoms with E-state index >= 15 is 0 Å². The van der Waals surface area contributed by atoms with Crippen LogP contribution in [0.15, 0.2) is 24.3 Å². The highest BCUT2D eigenvalue weighted by Gasteiger charge is 2.21. The molecule has 2 rings (SSSR count). The second kappa shape index (κ2) is 5.12. The first kappa shape index (κ1) is 12.5. The van der Waals surface area contributed by atoms with E-state index in [2.05, 4.69) is 56.9 Å². The molecule has 0 aliphatic carbocycles. The van der Waals surface area contributed by atoms with E-state index < -0.39 is 0 Å². The SMILES string of the molecule is CC(C)c1ccc(N2C[C@H](C)C[C@H](C)C2)cc1. The van der Waals surface area contributed by atoms with Crippen LogP contribution in [0.5, 0.6) is 0 Å². The van der Waals surface area contributed by atoms with Crippen LogP contribution in [0.3, 0.4) is 0 Å². The molecular formula is C16H25N. The molecule has 0 aromatic heterocycles. The summed E-state index contributed by atoms with van der Waals surface area (Å²) >= 11 is 0. The molecule has 1 heteroatoms. The highest BCUT2D eigenvalue weighted by Crippen LogP contribution is 2.27. The topological polar surface area (TPSA) is 3.24 Å². The third kappa shape index (κ3) is 3.02. The minimum atomic E-state index is 0.628. The van der Waals surface area contributed by atoms with E-state index in [1.165, 1.54) is 30.8 Å². The number of hydrogen-bond donors (Lipinski definition) is 0. The predicted molar refractivity (Wildman–Crippen MR) is 75.7 cm³/mol. The molecule has 0 bridgehead atoms. The summed E-state index contributed by atoms with van der Waals surface area (Å²) in [6, 6.07) is 9.15. The maximum absolute atomic E-state index is 2.54. The highest BCUT2D eigenvalue weighted by molar-refractivity contribution is 5.48. The van der Waals surface area contributed by atoms with Gasteiger partial charge in [0.15, 0.2) is 0 Å². The maximum Gasteiger partial charge on any atom is 0.0366 e. The van der Waals surface area contributed by atoms with Gasteiger partial charge in [-0.2, -0.15) is 0 Å². The molecule has 1 nitrogen and oxygen atoms in total. The third-order valence-electron chi connectivity index (χ3n) is 3.79. The number of rotatable bonds is 2. The zero-order chi connectivity index (χ0) is 12.4. The lowest BCUT2D eigenvalue weighted by Crippen LogP contribution is -2.38. The Morgan fingerprint density at radius 1 is 1.00 bits per heavy atom. The molecule has 0 saturated carbocycles. The Balaban J connectivity index is 2.11. The van der Waals surface area contributed by atoms with E-state index in [9.17, 15) is 0 Å². The lowest BCUT2D eigenvalue weighted by molar-refractivity contribution is 0.357. The molecule has 1 aliphatic heterocycles. The molecule has 2 atom stereocenters. The van der Waals surface area contributed by atoms with Crippen LogP contribution in [-0.4, -0.2) is 13.1 Å². The van der Waals surface area contributed by atoms with Gasteiger partial charge in [0.25, 0.3) is 0 Å². The summed E-state index contributed by atoms with van der Waals surface area (Å²) in [5.74, 6) is 2.27. The average Bonchev–Trinajstić information content (AvgIpc) is 2.28. The van der Waals surface area contributed by atoms with Gasteiger partial charge in [0, 0.05) is 18.8 Å². The zero-order valence-corrected chi connectivity index (χ0v) is 11.6. The van der Waals surface area contributed by atoms with Crippen LogP contribution >= 0.6 is 0 Å². The van der Waals surface area contributed by atoms with Crippen molar-refractivity contribution in [2.24, 2.45) is 11.8 Å². The van der Waals surface area contributed by atoms with Crippen LogP contribution in [-0.2, 0) is 0 Å². The average molecular weight is 231 g/mol. The van der Waals surface area contributed by atoms with Crippen molar-refractivity contribution in [3.8, 4) is 0 Å². The minimum absolute atomic E-state index is 0.628. The van der Waals surface area contributed by atoms with Gasteiger partial charge in [0.1, 0.15) is 0 Å². The summed E-state index contributed by atoms with van der Waals surface area (Å²) in [6.07, 6.45) is 1.38. The first-order valence-corrected chi connectivity index (χ1v) is 6.91. The zero-order valence-electron chi connectivity index (χ0n) is 11.6. The molecule has 0 amide bonds. The fourth-order valence-electron chi connectivity index (χ4n) is 2.94. The van der Waals surface area contributed by atoms with Gasteiger partial charge in [-0.3, -0.25) is 0 Å². The molecule has 1 saturated heterocycles. The second-order valence-corrected chi connectivity index (χ2v) is 6.10. The molecule has 1 heterocycles. The summed E-state index contributed by atoms with van der Waals surface area (Å²) in [6.45, 7) is 11.7. The first-order valence-electron chi connectivity index (χ1n) is 6.91. The molecule has 1 aromatic rings. The molecule has 0 spiro atoms. The molecular weight excluding hydrogens is 206 g/mol. The van der Waals surface area contributed by atoms with Crippen molar-refractivity contribution < 1.29 is 0 Å². The van der Waals surface area contributed by atoms with E-state index in [-0.39, 0.29) is 0 Å². The second-order valence-electron chi connectivity index (χ2n) is 6.10. The van der Waals surface area contributed by atoms with Crippen molar-refractivity contribution in [3.63, 3.8) is 0 Å². The Kier molecular flexibility index (Phi) is 3.76. The van der Waals surface area contributed by atoms with E-state index in [4.69, 9.17) is 0 Å². The van der Waals surface area contributed by atoms with Gasteiger partial charge in [-0.1, -0.05) is 39.8 Å².